The van der Waals surface area contributed by atoms with Gasteiger partial charge in [-0.15, -0.1) is 11.6 Å². The molecule has 0 amide bonds. The van der Waals surface area contributed by atoms with Crippen LogP contribution in [0, 0.1) is 0 Å². The van der Waals surface area contributed by atoms with Crippen LogP contribution in [0.5, 0.6) is 0 Å². The van der Waals surface area contributed by atoms with E-state index in [1.165, 1.54) is 0 Å². The van der Waals surface area contributed by atoms with Crippen molar-refractivity contribution in [2.75, 3.05) is 5.88 Å². The van der Waals surface area contributed by atoms with Crippen molar-refractivity contribution in [1.82, 2.24) is 0 Å². The Morgan fingerprint density at radius 3 is 1.42 bits per heavy atom. The number of carboxylic acid groups (broad SMARTS) is 2. The Balaban J connectivity index is -0.000000126. The third-order valence-electron chi connectivity index (χ3n) is 0.301. The van der Waals surface area contributed by atoms with Gasteiger partial charge in [0.2, 0.25) is 4.84 Å². The van der Waals surface area contributed by atoms with Crippen molar-refractivity contribution in [2.24, 2.45) is 0 Å². The van der Waals surface area contributed by atoms with Crippen LogP contribution in [-0.2, 0) is 9.59 Å². The first-order valence-corrected chi connectivity index (χ1v) is 3.61. The lowest BCUT2D eigenvalue weighted by atomic mass is 10.8. The van der Waals surface area contributed by atoms with Gasteiger partial charge in [-0.25, -0.2) is 4.79 Å². The lowest BCUT2D eigenvalue weighted by Gasteiger charge is -1.84. The van der Waals surface area contributed by atoms with Crippen LogP contribution in [0.3, 0.4) is 0 Å². The third-order valence-corrected chi connectivity index (χ3v) is 0.903. The Labute approximate surface area is 83.1 Å². The van der Waals surface area contributed by atoms with Gasteiger partial charge in [0.1, 0.15) is 5.88 Å². The fourth-order valence-corrected chi connectivity index (χ4v) is 0. The Bertz CT molecular complexity index is 137. The van der Waals surface area contributed by atoms with Gasteiger partial charge in [0.25, 0.3) is 0 Å². The highest BCUT2D eigenvalue weighted by molar-refractivity contribution is 6.52. The molecular formula is C4H7Cl3O5. The van der Waals surface area contributed by atoms with Gasteiger partial charge in [-0.05, 0) is 0 Å². The maximum absolute atomic E-state index is 9.44. The molecule has 0 aromatic carbocycles. The number of halogens is 3. The minimum atomic E-state index is -1.29. The number of aliphatic carboxylic acids is 2. The van der Waals surface area contributed by atoms with E-state index in [4.69, 9.17) is 45.0 Å². The topological polar surface area (TPSA) is 106 Å². The summed E-state index contributed by atoms with van der Waals surface area (Å²) in [5.41, 5.74) is 0. The van der Waals surface area contributed by atoms with E-state index >= 15 is 0 Å². The van der Waals surface area contributed by atoms with Crippen molar-refractivity contribution >= 4 is 46.7 Å². The monoisotopic (exact) mass is 240 g/mol. The van der Waals surface area contributed by atoms with Crippen molar-refractivity contribution < 1.29 is 25.3 Å². The summed E-state index contributed by atoms with van der Waals surface area (Å²) in [6.07, 6.45) is 0. The van der Waals surface area contributed by atoms with Crippen LogP contribution in [0.4, 0.5) is 0 Å². The van der Waals surface area contributed by atoms with Gasteiger partial charge in [-0.3, -0.25) is 4.79 Å². The van der Waals surface area contributed by atoms with Crippen LogP contribution < -0.4 is 0 Å². The van der Waals surface area contributed by atoms with Crippen molar-refractivity contribution in [1.29, 1.82) is 0 Å². The van der Waals surface area contributed by atoms with E-state index in [0.717, 1.165) is 0 Å². The van der Waals surface area contributed by atoms with E-state index in [1.54, 1.807) is 0 Å². The smallest absolute Gasteiger partial charge is 0.337 e. The molecule has 5 nitrogen and oxygen atoms in total. The molecule has 0 saturated heterocycles. The van der Waals surface area contributed by atoms with E-state index in [2.05, 4.69) is 0 Å². The molecule has 0 rings (SSSR count). The molecule has 0 bridgehead atoms. The summed E-state index contributed by atoms with van der Waals surface area (Å²) < 4.78 is 0. The predicted molar refractivity (Wildman–Crippen MR) is 45.1 cm³/mol. The third kappa shape index (κ3) is 22.6. The van der Waals surface area contributed by atoms with Crippen molar-refractivity contribution in [2.45, 2.75) is 4.84 Å². The average molecular weight is 241 g/mol. The molecule has 8 heteroatoms. The molecule has 12 heavy (non-hydrogen) atoms. The molecule has 0 radical (unpaired) electrons. The minimum Gasteiger partial charge on any atom is -0.480 e. The molecule has 0 aliphatic carbocycles. The molecule has 0 aromatic rings. The summed E-state index contributed by atoms with van der Waals surface area (Å²) in [5, 5.41) is 15.3. The Morgan fingerprint density at radius 2 is 1.42 bits per heavy atom. The van der Waals surface area contributed by atoms with E-state index < -0.39 is 16.8 Å². The zero-order valence-electron chi connectivity index (χ0n) is 5.63. The van der Waals surface area contributed by atoms with Gasteiger partial charge in [-0.1, -0.05) is 23.2 Å². The second-order valence-corrected chi connectivity index (χ2v) is 2.53. The fourth-order valence-electron chi connectivity index (χ4n) is 0. The number of carboxylic acids is 2. The molecule has 0 unspecified atom stereocenters. The molecule has 0 fully saturated rings. The van der Waals surface area contributed by atoms with Gasteiger partial charge in [-0.2, -0.15) is 0 Å². The van der Waals surface area contributed by atoms with Crippen molar-refractivity contribution in [3.63, 3.8) is 0 Å². The molecule has 4 N–H and O–H groups in total. The van der Waals surface area contributed by atoms with Crippen LogP contribution in [0.2, 0.25) is 0 Å². The van der Waals surface area contributed by atoms with Gasteiger partial charge in [0, 0.05) is 0 Å². The predicted octanol–water partition coefficient (Wildman–Crippen LogP) is 0.360. The first-order chi connectivity index (χ1) is 4.91. The summed E-state index contributed by atoms with van der Waals surface area (Å²) in [7, 11) is 0. The number of carbonyl (C=O) groups is 2. The number of hydrogen-bond acceptors (Lipinski definition) is 2. The number of hydrogen-bond donors (Lipinski definition) is 2. The average Bonchev–Trinajstić information content (AvgIpc) is 1.89. The highest BCUT2D eigenvalue weighted by atomic mass is 35.5. The molecule has 0 spiro atoms. The van der Waals surface area contributed by atoms with E-state index in [1.807, 2.05) is 0 Å². The van der Waals surface area contributed by atoms with Crippen molar-refractivity contribution in [3.05, 3.63) is 0 Å². The standard InChI is InChI=1S/C2H2Cl2O2.C2H3ClO2.H2O/c3-1(4)2(5)6;3-1-2(4)5;/h1H,(H,5,6);1H2,(H,4,5);1H2. The minimum absolute atomic E-state index is 0. The van der Waals surface area contributed by atoms with Crippen LogP contribution in [0.15, 0.2) is 0 Å². The van der Waals surface area contributed by atoms with E-state index in [-0.39, 0.29) is 11.4 Å². The SMILES string of the molecule is O.O=C(O)C(Cl)Cl.O=C(O)CCl. The summed E-state index contributed by atoms with van der Waals surface area (Å²) in [4.78, 5) is 17.4. The normalized spacial score (nSPS) is 7.67. The fraction of sp³-hybridized carbons (Fsp3) is 0.500. The molecule has 0 aliphatic rings. The molecular weight excluding hydrogens is 234 g/mol. The van der Waals surface area contributed by atoms with Gasteiger partial charge < -0.3 is 15.7 Å². The quantitative estimate of drug-likeness (QED) is 0.681. The zero-order valence-corrected chi connectivity index (χ0v) is 7.90. The first kappa shape index (κ1) is 17.8. The maximum atomic E-state index is 9.44. The number of rotatable bonds is 2. The first-order valence-electron chi connectivity index (χ1n) is 2.20. The summed E-state index contributed by atoms with van der Waals surface area (Å²) >= 11 is 14.3. The molecule has 74 valence electrons. The summed E-state index contributed by atoms with van der Waals surface area (Å²) in [6, 6.07) is 0. The summed E-state index contributed by atoms with van der Waals surface area (Å²) in [6.45, 7) is 0. The number of alkyl halides is 3. The Hall–Kier alpha value is -0.230. The molecule has 0 atom stereocenters. The van der Waals surface area contributed by atoms with E-state index in [0.29, 0.717) is 0 Å². The lowest BCUT2D eigenvalue weighted by Crippen LogP contribution is -2.03. The molecule has 0 aromatic heterocycles. The maximum Gasteiger partial charge on any atom is 0.337 e. The molecule has 0 heterocycles. The largest absolute Gasteiger partial charge is 0.480 e. The van der Waals surface area contributed by atoms with Gasteiger partial charge in [0.15, 0.2) is 0 Å². The lowest BCUT2D eigenvalue weighted by molar-refractivity contribution is -0.135. The van der Waals surface area contributed by atoms with Crippen LogP contribution >= 0.6 is 34.8 Å². The summed E-state index contributed by atoms with van der Waals surface area (Å²) in [5.74, 6) is -2.50. The molecule has 0 saturated carbocycles. The highest BCUT2D eigenvalue weighted by Gasteiger charge is 2.05. The second-order valence-electron chi connectivity index (χ2n) is 1.17. The van der Waals surface area contributed by atoms with E-state index in [9.17, 15) is 9.59 Å². The zero-order chi connectivity index (χ0) is 9.44. The van der Waals surface area contributed by atoms with Crippen molar-refractivity contribution in [3.8, 4) is 0 Å². The van der Waals surface area contributed by atoms with Crippen LogP contribution in [0.25, 0.3) is 0 Å². The van der Waals surface area contributed by atoms with Crippen LogP contribution in [0.1, 0.15) is 0 Å². The Kier molecular flexibility index (Phi) is 15.9. The Morgan fingerprint density at radius 1 is 1.25 bits per heavy atom. The van der Waals surface area contributed by atoms with Gasteiger partial charge >= 0.3 is 11.9 Å². The van der Waals surface area contributed by atoms with Crippen LogP contribution in [-0.4, -0.2) is 38.3 Å². The van der Waals surface area contributed by atoms with Gasteiger partial charge in [0.05, 0.1) is 0 Å². The second kappa shape index (κ2) is 10.8. The highest BCUT2D eigenvalue weighted by Crippen LogP contribution is 1.98. The molecule has 0 aliphatic heterocycles.